The molecule has 1 aliphatic rings. The van der Waals surface area contributed by atoms with Crippen molar-refractivity contribution in [1.29, 1.82) is 0 Å². The van der Waals surface area contributed by atoms with E-state index in [0.717, 1.165) is 13.0 Å². The molecule has 0 saturated carbocycles. The zero-order chi connectivity index (χ0) is 14.4. The standard InChI is InChI=1S/C13H15F3N2O/c1-12(16)6-10(15)13(2,18-11(12)19)8-5-7(17)3-4-9(8)14/h3-5,10H,6,17H2,1-2H3,(H,18,19)/t10-,12-,13+/m0/s1. The van der Waals surface area contributed by atoms with Crippen LogP contribution in [0.25, 0.3) is 0 Å². The lowest BCUT2D eigenvalue weighted by atomic mass is 9.77. The van der Waals surface area contributed by atoms with Crippen molar-refractivity contribution in [3.63, 3.8) is 0 Å². The molecule has 3 nitrogen and oxygen atoms in total. The van der Waals surface area contributed by atoms with Gasteiger partial charge in [0.2, 0.25) is 0 Å². The molecule has 1 amide bonds. The molecule has 6 heteroatoms. The normalized spacial score (nSPS) is 35.0. The third-order valence-corrected chi connectivity index (χ3v) is 3.59. The highest BCUT2D eigenvalue weighted by atomic mass is 19.2. The number of piperidine rings is 1. The van der Waals surface area contributed by atoms with Crippen LogP contribution in [-0.2, 0) is 10.3 Å². The van der Waals surface area contributed by atoms with Crippen molar-refractivity contribution in [3.8, 4) is 0 Å². The first-order chi connectivity index (χ1) is 8.67. The van der Waals surface area contributed by atoms with Crippen LogP contribution in [0.5, 0.6) is 0 Å². The van der Waals surface area contributed by atoms with Gasteiger partial charge in [0, 0.05) is 17.7 Å². The van der Waals surface area contributed by atoms with Gasteiger partial charge in [0.15, 0.2) is 5.67 Å². The molecule has 0 bridgehead atoms. The molecule has 0 spiro atoms. The smallest absolute Gasteiger partial charge is 0.258 e. The number of hydrogen-bond acceptors (Lipinski definition) is 2. The van der Waals surface area contributed by atoms with Crippen LogP contribution in [0.3, 0.4) is 0 Å². The van der Waals surface area contributed by atoms with Crippen LogP contribution in [0.2, 0.25) is 0 Å². The third kappa shape index (κ3) is 2.15. The van der Waals surface area contributed by atoms with Gasteiger partial charge in [-0.15, -0.1) is 0 Å². The van der Waals surface area contributed by atoms with Gasteiger partial charge in [-0.05, 0) is 32.0 Å². The van der Waals surface area contributed by atoms with Crippen LogP contribution in [0.1, 0.15) is 25.8 Å². The number of amides is 1. The van der Waals surface area contributed by atoms with Crippen LogP contribution in [-0.4, -0.2) is 17.7 Å². The Bertz CT molecular complexity index is 533. The highest BCUT2D eigenvalue weighted by Gasteiger charge is 2.52. The number of nitrogen functional groups attached to an aromatic ring is 1. The number of halogens is 3. The number of nitrogens with two attached hydrogens (primary N) is 1. The molecule has 104 valence electrons. The summed E-state index contributed by atoms with van der Waals surface area (Å²) >= 11 is 0. The average molecular weight is 272 g/mol. The number of rotatable bonds is 1. The van der Waals surface area contributed by atoms with Crippen LogP contribution in [0.4, 0.5) is 18.9 Å². The number of anilines is 1. The number of carbonyl (C=O) groups is 1. The van der Waals surface area contributed by atoms with Gasteiger partial charge >= 0.3 is 0 Å². The number of benzene rings is 1. The van der Waals surface area contributed by atoms with Crippen LogP contribution < -0.4 is 11.1 Å². The molecule has 1 aliphatic heterocycles. The molecule has 0 aromatic heterocycles. The van der Waals surface area contributed by atoms with Gasteiger partial charge in [0.1, 0.15) is 12.0 Å². The van der Waals surface area contributed by atoms with Crippen LogP contribution >= 0.6 is 0 Å². The highest BCUT2D eigenvalue weighted by Crippen LogP contribution is 2.39. The summed E-state index contributed by atoms with van der Waals surface area (Å²) in [6.45, 7) is 2.33. The Kier molecular flexibility index (Phi) is 2.99. The zero-order valence-electron chi connectivity index (χ0n) is 10.6. The predicted molar refractivity (Wildman–Crippen MR) is 65.3 cm³/mol. The Morgan fingerprint density at radius 1 is 1.42 bits per heavy atom. The second-order valence-corrected chi connectivity index (χ2v) is 5.26. The Balaban J connectivity index is 2.48. The summed E-state index contributed by atoms with van der Waals surface area (Å²) in [5.41, 5.74) is 1.80. The van der Waals surface area contributed by atoms with Gasteiger partial charge in [0.05, 0.1) is 5.54 Å². The van der Waals surface area contributed by atoms with Gasteiger partial charge < -0.3 is 11.1 Å². The minimum absolute atomic E-state index is 0.0798. The predicted octanol–water partition coefficient (Wildman–Crippen LogP) is 2.21. The molecule has 3 N–H and O–H groups in total. The summed E-state index contributed by atoms with van der Waals surface area (Å²) in [7, 11) is 0. The molecule has 1 aromatic rings. The summed E-state index contributed by atoms with van der Waals surface area (Å²) in [5.74, 6) is -1.65. The van der Waals surface area contributed by atoms with Crippen LogP contribution in [0.15, 0.2) is 18.2 Å². The summed E-state index contributed by atoms with van der Waals surface area (Å²) in [4.78, 5) is 11.6. The molecule has 1 heterocycles. The molecule has 19 heavy (non-hydrogen) atoms. The minimum atomic E-state index is -2.30. The summed E-state index contributed by atoms with van der Waals surface area (Å²) < 4.78 is 41.8. The largest absolute Gasteiger partial charge is 0.399 e. The number of alkyl halides is 2. The number of nitrogens with one attached hydrogen (secondary N) is 1. The van der Waals surface area contributed by atoms with Gasteiger partial charge in [-0.25, -0.2) is 13.2 Å². The van der Waals surface area contributed by atoms with E-state index in [4.69, 9.17) is 5.73 Å². The van der Waals surface area contributed by atoms with Crippen molar-refractivity contribution in [1.82, 2.24) is 5.32 Å². The maximum absolute atomic E-state index is 14.2. The van der Waals surface area contributed by atoms with Crippen molar-refractivity contribution in [2.45, 2.75) is 37.6 Å². The molecule has 0 aliphatic carbocycles. The first kappa shape index (κ1) is 13.7. The molecular formula is C13H15F3N2O. The second kappa shape index (κ2) is 4.15. The van der Waals surface area contributed by atoms with E-state index in [1.165, 1.54) is 19.1 Å². The topological polar surface area (TPSA) is 55.1 Å². The van der Waals surface area contributed by atoms with E-state index < -0.39 is 35.5 Å². The van der Waals surface area contributed by atoms with Crippen molar-refractivity contribution < 1.29 is 18.0 Å². The summed E-state index contributed by atoms with van der Waals surface area (Å²) in [6.07, 6.45) is -2.37. The Morgan fingerprint density at radius 2 is 2.05 bits per heavy atom. The van der Waals surface area contributed by atoms with E-state index in [1.807, 2.05) is 0 Å². The quantitative estimate of drug-likeness (QED) is 0.770. The fourth-order valence-electron chi connectivity index (χ4n) is 2.25. The molecule has 0 radical (unpaired) electrons. The lowest BCUT2D eigenvalue weighted by Gasteiger charge is -2.42. The second-order valence-electron chi connectivity index (χ2n) is 5.26. The SMILES string of the molecule is C[C@]1(F)C[C@H](F)[C@@](C)(c2cc(N)ccc2F)NC1=O. The Morgan fingerprint density at radius 3 is 2.68 bits per heavy atom. The van der Waals surface area contributed by atoms with Crippen molar-refractivity contribution in [3.05, 3.63) is 29.6 Å². The van der Waals surface area contributed by atoms with E-state index in [9.17, 15) is 18.0 Å². The van der Waals surface area contributed by atoms with Gasteiger partial charge in [-0.2, -0.15) is 0 Å². The summed E-state index contributed by atoms with van der Waals surface area (Å²) in [6, 6.07) is 3.68. The summed E-state index contributed by atoms with van der Waals surface area (Å²) in [5, 5.41) is 2.23. The molecule has 3 atom stereocenters. The molecule has 1 aromatic carbocycles. The van der Waals surface area contributed by atoms with E-state index in [2.05, 4.69) is 5.32 Å². The van der Waals surface area contributed by atoms with Crippen LogP contribution in [0, 0.1) is 5.82 Å². The molecule has 1 fully saturated rings. The first-order valence-corrected chi connectivity index (χ1v) is 5.88. The number of hydrogen-bond donors (Lipinski definition) is 2. The van der Waals surface area contributed by atoms with Crippen molar-refractivity contribution in [2.75, 3.05) is 5.73 Å². The zero-order valence-corrected chi connectivity index (χ0v) is 10.6. The highest BCUT2D eigenvalue weighted by molar-refractivity contribution is 5.86. The fourth-order valence-corrected chi connectivity index (χ4v) is 2.25. The maximum Gasteiger partial charge on any atom is 0.258 e. The monoisotopic (exact) mass is 272 g/mol. The van der Waals surface area contributed by atoms with E-state index in [-0.39, 0.29) is 11.3 Å². The maximum atomic E-state index is 14.2. The average Bonchev–Trinajstić information content (AvgIpc) is 2.29. The number of carbonyl (C=O) groups excluding carboxylic acids is 1. The van der Waals surface area contributed by atoms with Crippen molar-refractivity contribution >= 4 is 11.6 Å². The third-order valence-electron chi connectivity index (χ3n) is 3.59. The fraction of sp³-hybridized carbons (Fsp3) is 0.462. The molecule has 0 unspecified atom stereocenters. The minimum Gasteiger partial charge on any atom is -0.399 e. The lowest BCUT2D eigenvalue weighted by molar-refractivity contribution is -0.142. The lowest BCUT2D eigenvalue weighted by Crippen LogP contribution is -2.62. The van der Waals surface area contributed by atoms with Crippen molar-refractivity contribution in [2.24, 2.45) is 0 Å². The van der Waals surface area contributed by atoms with Gasteiger partial charge in [-0.1, -0.05) is 0 Å². The van der Waals surface area contributed by atoms with Gasteiger partial charge in [0.25, 0.3) is 5.91 Å². The molecular weight excluding hydrogens is 257 g/mol. The molecule has 2 rings (SSSR count). The Hall–Kier alpha value is -1.72. The first-order valence-electron chi connectivity index (χ1n) is 5.88. The van der Waals surface area contributed by atoms with Gasteiger partial charge in [-0.3, -0.25) is 4.79 Å². The Labute approximate surface area is 109 Å². The van der Waals surface area contributed by atoms with E-state index in [1.54, 1.807) is 0 Å². The molecule has 1 saturated heterocycles. The van der Waals surface area contributed by atoms with E-state index >= 15 is 0 Å². The van der Waals surface area contributed by atoms with E-state index in [0.29, 0.717) is 0 Å².